The summed E-state index contributed by atoms with van der Waals surface area (Å²) >= 11 is 0. The molecule has 3 heterocycles. The van der Waals surface area contributed by atoms with Crippen molar-refractivity contribution in [1.29, 1.82) is 0 Å². The van der Waals surface area contributed by atoms with Gasteiger partial charge in [-0.1, -0.05) is 126 Å². The molecule has 8 aromatic carbocycles. The zero-order chi connectivity index (χ0) is 35.6. The van der Waals surface area contributed by atoms with Gasteiger partial charge in [-0.05, 0) is 95.1 Å². The van der Waals surface area contributed by atoms with Crippen LogP contribution in [-0.2, 0) is 0 Å². The molecule has 4 nitrogen and oxygen atoms in total. The van der Waals surface area contributed by atoms with Crippen molar-refractivity contribution in [3.63, 3.8) is 0 Å². The Morgan fingerprint density at radius 1 is 0.426 bits per heavy atom. The molecule has 0 amide bonds. The first-order chi connectivity index (χ1) is 26.8. The summed E-state index contributed by atoms with van der Waals surface area (Å²) in [5.41, 5.74) is 12.9. The van der Waals surface area contributed by atoms with Gasteiger partial charge in [-0.2, -0.15) is 4.58 Å². The van der Waals surface area contributed by atoms with Crippen molar-refractivity contribution < 1.29 is 8.99 Å². The van der Waals surface area contributed by atoms with E-state index in [1.165, 1.54) is 21.9 Å². The molecule has 0 bridgehead atoms. The first kappa shape index (κ1) is 30.3. The van der Waals surface area contributed by atoms with Crippen LogP contribution in [0.3, 0.4) is 0 Å². The zero-order valence-corrected chi connectivity index (χ0v) is 29.2. The molecule has 0 saturated carbocycles. The first-order valence-electron chi connectivity index (χ1n) is 18.3. The molecule has 54 heavy (non-hydrogen) atoms. The molecule has 0 atom stereocenters. The Balaban J connectivity index is 1.22. The summed E-state index contributed by atoms with van der Waals surface area (Å²) in [7, 11) is 0. The van der Waals surface area contributed by atoms with Crippen molar-refractivity contribution in [1.82, 2.24) is 4.57 Å². The fourth-order valence-electron chi connectivity index (χ4n) is 8.13. The van der Waals surface area contributed by atoms with Gasteiger partial charge >= 0.3 is 0 Å². The maximum atomic E-state index is 6.46. The van der Waals surface area contributed by atoms with Crippen LogP contribution in [-0.4, -0.2) is 20.8 Å². The third-order valence-electron chi connectivity index (χ3n) is 10.6. The molecule has 1 aliphatic rings. The fraction of sp³-hybridized carbons (Fsp3) is 0. The zero-order valence-electron chi connectivity index (χ0n) is 29.2. The lowest BCUT2D eigenvalue weighted by molar-refractivity contribution is -0.319. The third kappa shape index (κ3) is 4.78. The highest BCUT2D eigenvalue weighted by atomic mass is 16.3. The summed E-state index contributed by atoms with van der Waals surface area (Å²) in [5.74, 6) is 1.83. The minimum Gasteiger partial charge on any atom is -0.456 e. The number of nitrogens with zero attached hydrogens (tertiary/aromatic N) is 3. The van der Waals surface area contributed by atoms with Crippen molar-refractivity contribution in [2.45, 2.75) is 0 Å². The molecule has 0 spiro atoms. The van der Waals surface area contributed by atoms with E-state index in [1.807, 2.05) is 12.1 Å². The molecule has 4 heteroatoms. The molecule has 0 radical (unpaired) electrons. The molecule has 0 N–H and O–H groups in total. The predicted octanol–water partition coefficient (Wildman–Crippen LogP) is 12.6. The Labute approximate surface area is 311 Å². The Hall–Kier alpha value is -7.30. The number of amidine groups is 2. The summed E-state index contributed by atoms with van der Waals surface area (Å²) in [6.45, 7) is 0. The molecular weight excluding hydrogens is 659 g/mol. The van der Waals surface area contributed by atoms with Crippen LogP contribution in [0.5, 0.6) is 0 Å². The third-order valence-corrected chi connectivity index (χ3v) is 10.6. The quantitative estimate of drug-likeness (QED) is 0.160. The van der Waals surface area contributed by atoms with Crippen LogP contribution >= 0.6 is 0 Å². The number of furan rings is 1. The number of rotatable bonds is 6. The van der Waals surface area contributed by atoms with Crippen LogP contribution in [0.4, 0.5) is 5.69 Å². The van der Waals surface area contributed by atoms with Crippen LogP contribution < -0.4 is 0 Å². The minimum absolute atomic E-state index is 0.875. The van der Waals surface area contributed by atoms with E-state index in [9.17, 15) is 0 Å². The number of aromatic nitrogens is 1. The maximum absolute atomic E-state index is 6.46. The van der Waals surface area contributed by atoms with E-state index in [2.05, 4.69) is 191 Å². The molecule has 0 aliphatic carbocycles. The fourth-order valence-corrected chi connectivity index (χ4v) is 8.13. The molecule has 11 rings (SSSR count). The molecule has 0 saturated heterocycles. The average molecular weight is 691 g/mol. The lowest BCUT2D eigenvalue weighted by atomic mass is 9.96. The highest BCUT2D eigenvalue weighted by Gasteiger charge is 2.34. The molecule has 0 fully saturated rings. The molecule has 0 unspecified atom stereocenters. The van der Waals surface area contributed by atoms with Gasteiger partial charge in [0.15, 0.2) is 0 Å². The van der Waals surface area contributed by atoms with E-state index in [4.69, 9.17) is 9.41 Å². The Bertz CT molecular complexity index is 3130. The highest BCUT2D eigenvalue weighted by Crippen LogP contribution is 2.42. The Morgan fingerprint density at radius 2 is 1.04 bits per heavy atom. The number of fused-ring (bicyclic) bond motifs is 7. The topological polar surface area (TPSA) is 33.4 Å². The van der Waals surface area contributed by atoms with E-state index in [0.717, 1.165) is 78.3 Å². The van der Waals surface area contributed by atoms with Crippen LogP contribution in [0.25, 0.3) is 71.7 Å². The van der Waals surface area contributed by atoms with E-state index in [1.54, 1.807) is 0 Å². The van der Waals surface area contributed by atoms with Crippen molar-refractivity contribution in [3.05, 3.63) is 205 Å². The van der Waals surface area contributed by atoms with Gasteiger partial charge < -0.3 is 8.98 Å². The Kier molecular flexibility index (Phi) is 6.82. The number of para-hydroxylation sites is 3. The second-order valence-corrected chi connectivity index (χ2v) is 13.8. The van der Waals surface area contributed by atoms with E-state index >= 15 is 0 Å². The highest BCUT2D eigenvalue weighted by molar-refractivity contribution is 6.24. The summed E-state index contributed by atoms with van der Waals surface area (Å²) in [5, 5.41) is 4.61. The molecular formula is C50H32N3O+. The number of hydrogen-bond acceptors (Lipinski definition) is 2. The van der Waals surface area contributed by atoms with Crippen molar-refractivity contribution >= 4 is 61.1 Å². The number of benzene rings is 8. The molecule has 1 aliphatic heterocycles. The van der Waals surface area contributed by atoms with Crippen molar-refractivity contribution in [2.75, 3.05) is 0 Å². The van der Waals surface area contributed by atoms with E-state index in [0.29, 0.717) is 0 Å². The van der Waals surface area contributed by atoms with Gasteiger partial charge in [0.2, 0.25) is 0 Å². The second kappa shape index (κ2) is 12.1. The number of aliphatic imine (C=N–C) groups is 1. The summed E-state index contributed by atoms with van der Waals surface area (Å²) in [6, 6.07) is 68.7. The predicted molar refractivity (Wildman–Crippen MR) is 222 cm³/mol. The lowest BCUT2D eigenvalue weighted by Crippen LogP contribution is -2.34. The normalized spacial score (nSPS) is 12.9. The van der Waals surface area contributed by atoms with Crippen LogP contribution in [0.2, 0.25) is 0 Å². The SMILES string of the molecule is c1ccc(C2=NC(c3cc(-c4cccc(-c5ccccc5)c4)cc(-n4c5ccccc5c5ccc6oc7ccccc7c6c54)c3)=[N+]2c2ccccc2)cc1. The molecule has 252 valence electrons. The maximum Gasteiger partial charge on any atom is 0.279 e. The second-order valence-electron chi connectivity index (χ2n) is 13.8. The van der Waals surface area contributed by atoms with Crippen molar-refractivity contribution in [3.8, 4) is 27.9 Å². The molecule has 10 aromatic rings. The lowest BCUT2D eigenvalue weighted by Gasteiger charge is -2.21. The van der Waals surface area contributed by atoms with Crippen LogP contribution in [0, 0.1) is 0 Å². The van der Waals surface area contributed by atoms with Crippen molar-refractivity contribution in [2.24, 2.45) is 4.99 Å². The molecule has 2 aromatic heterocycles. The van der Waals surface area contributed by atoms with E-state index in [-0.39, 0.29) is 0 Å². The van der Waals surface area contributed by atoms with Gasteiger partial charge in [0.05, 0.1) is 27.5 Å². The smallest absolute Gasteiger partial charge is 0.279 e. The van der Waals surface area contributed by atoms with Gasteiger partial charge in [0.25, 0.3) is 11.7 Å². The summed E-state index contributed by atoms with van der Waals surface area (Å²) in [6.07, 6.45) is 0. The largest absolute Gasteiger partial charge is 0.456 e. The van der Waals surface area contributed by atoms with Crippen LogP contribution in [0.1, 0.15) is 11.1 Å². The van der Waals surface area contributed by atoms with Gasteiger partial charge in [-0.25, -0.2) is 0 Å². The standard InChI is InChI=1S/C50H32N3O/c1-4-15-33(16-5-1)35-19-14-20-36(29-35)37-30-38(50-51-49(34-17-6-2-7-18-34)53(50)39-21-8-3-9-22-39)32-40(31-37)52-44-25-12-10-23-41(44)42-27-28-46-47(48(42)52)43-24-11-13-26-45(43)54-46/h1-32H/q+1. The summed E-state index contributed by atoms with van der Waals surface area (Å²) in [4.78, 5) is 5.28. The van der Waals surface area contributed by atoms with Gasteiger partial charge in [-0.15, -0.1) is 0 Å². The minimum atomic E-state index is 0.875. The Morgan fingerprint density at radius 3 is 1.83 bits per heavy atom. The van der Waals surface area contributed by atoms with Crippen LogP contribution in [0.15, 0.2) is 204 Å². The summed E-state index contributed by atoms with van der Waals surface area (Å²) < 4.78 is 11.2. The first-order valence-corrected chi connectivity index (χ1v) is 18.3. The van der Waals surface area contributed by atoms with E-state index < -0.39 is 0 Å². The van der Waals surface area contributed by atoms with Gasteiger partial charge in [-0.3, -0.25) is 0 Å². The number of hydrogen-bond donors (Lipinski definition) is 0. The average Bonchev–Trinajstić information content (AvgIpc) is 3.77. The van der Waals surface area contributed by atoms with Gasteiger partial charge in [0, 0.05) is 21.8 Å². The monoisotopic (exact) mass is 690 g/mol. The van der Waals surface area contributed by atoms with Gasteiger partial charge in [0.1, 0.15) is 16.9 Å².